The summed E-state index contributed by atoms with van der Waals surface area (Å²) in [6.07, 6.45) is 2.84. The first-order valence-corrected chi connectivity index (χ1v) is 4.65. The highest BCUT2D eigenvalue weighted by Gasteiger charge is 2.16. The van der Waals surface area contributed by atoms with Gasteiger partial charge in [-0.3, -0.25) is 10.1 Å². The van der Waals surface area contributed by atoms with Crippen LogP contribution in [0.25, 0.3) is 0 Å². The molecule has 1 atom stereocenters. The molecule has 0 aliphatic carbocycles. The Kier molecular flexibility index (Phi) is 3.64. The molecule has 0 aliphatic rings. The van der Waals surface area contributed by atoms with Gasteiger partial charge in [0, 0.05) is 0 Å². The number of nitrogens with zero attached hydrogens (tertiary/aromatic N) is 1. The smallest absolute Gasteiger partial charge is 0.404 e. The van der Waals surface area contributed by atoms with Gasteiger partial charge < -0.3 is 10.2 Å². The fourth-order valence-corrected chi connectivity index (χ4v) is 1.21. The van der Waals surface area contributed by atoms with E-state index in [-0.39, 0.29) is 11.9 Å². The molecule has 0 amide bonds. The summed E-state index contributed by atoms with van der Waals surface area (Å²) in [5.74, 6) is 0.247. The molecule has 0 saturated heterocycles. The van der Waals surface area contributed by atoms with E-state index in [1.165, 1.54) is 6.07 Å². The van der Waals surface area contributed by atoms with Gasteiger partial charge in [-0.05, 0) is 12.5 Å². The van der Waals surface area contributed by atoms with Crippen LogP contribution in [0.2, 0.25) is 0 Å². The molecule has 1 aromatic heterocycles. The fourth-order valence-electron chi connectivity index (χ4n) is 1.21. The monoisotopic (exact) mass is 198 g/mol. The maximum absolute atomic E-state index is 10.3. The molecule has 2 N–H and O–H groups in total. The number of nitrogens with two attached hydrogens (primary N) is 1. The zero-order valence-corrected chi connectivity index (χ0v) is 8.10. The van der Waals surface area contributed by atoms with Gasteiger partial charge >= 0.3 is 5.88 Å². The first-order valence-electron chi connectivity index (χ1n) is 4.65. The van der Waals surface area contributed by atoms with E-state index >= 15 is 0 Å². The van der Waals surface area contributed by atoms with Gasteiger partial charge in [0.2, 0.25) is 0 Å². The molecule has 5 nitrogen and oxygen atoms in total. The number of hydrogen-bond acceptors (Lipinski definition) is 4. The maximum Gasteiger partial charge on any atom is 0.433 e. The van der Waals surface area contributed by atoms with Crippen molar-refractivity contribution in [1.29, 1.82) is 0 Å². The number of rotatable bonds is 5. The molecule has 0 aliphatic heterocycles. The Labute approximate surface area is 82.0 Å². The molecule has 1 heterocycles. The largest absolute Gasteiger partial charge is 0.433 e. The van der Waals surface area contributed by atoms with Crippen molar-refractivity contribution in [2.75, 3.05) is 0 Å². The topological polar surface area (TPSA) is 82.3 Å². The van der Waals surface area contributed by atoms with Crippen LogP contribution in [-0.4, -0.2) is 4.92 Å². The molecular formula is C9H14N2O3. The predicted octanol–water partition coefficient (Wildman–Crippen LogP) is 2.38. The first-order chi connectivity index (χ1) is 6.65. The summed E-state index contributed by atoms with van der Waals surface area (Å²) in [6.45, 7) is 2.07. The lowest BCUT2D eigenvalue weighted by Crippen LogP contribution is -2.08. The van der Waals surface area contributed by atoms with Crippen LogP contribution in [0.1, 0.15) is 38.0 Å². The van der Waals surface area contributed by atoms with E-state index in [2.05, 4.69) is 6.92 Å². The second kappa shape index (κ2) is 4.76. The molecule has 1 rings (SSSR count). The summed E-state index contributed by atoms with van der Waals surface area (Å²) in [5, 5.41) is 10.3. The Balaban J connectivity index is 2.61. The third-order valence-corrected chi connectivity index (χ3v) is 2.03. The van der Waals surface area contributed by atoms with Gasteiger partial charge in [0.1, 0.15) is 10.7 Å². The summed E-state index contributed by atoms with van der Waals surface area (Å²) >= 11 is 0. The average Bonchev–Trinajstić information content (AvgIpc) is 2.62. The van der Waals surface area contributed by atoms with Crippen LogP contribution in [0.5, 0.6) is 0 Å². The summed E-state index contributed by atoms with van der Waals surface area (Å²) in [4.78, 5) is 9.76. The number of nitro groups is 1. The van der Waals surface area contributed by atoms with Crippen LogP contribution in [0.3, 0.4) is 0 Å². The Morgan fingerprint density at radius 1 is 1.64 bits per heavy atom. The number of hydrogen-bond donors (Lipinski definition) is 1. The van der Waals surface area contributed by atoms with Crippen LogP contribution in [0.15, 0.2) is 16.5 Å². The van der Waals surface area contributed by atoms with Crippen molar-refractivity contribution >= 4 is 5.88 Å². The standard InChI is InChI=1S/C9H14N2O3/c1-2-3-4-7(10)8-5-6-9(14-8)11(12)13/h5-7H,2-4,10H2,1H3/t7-/m0/s1. The van der Waals surface area contributed by atoms with Crippen LogP contribution >= 0.6 is 0 Å². The highest BCUT2D eigenvalue weighted by molar-refractivity contribution is 5.19. The van der Waals surface area contributed by atoms with Crippen molar-refractivity contribution in [1.82, 2.24) is 0 Å². The molecule has 78 valence electrons. The quantitative estimate of drug-likeness (QED) is 0.581. The third kappa shape index (κ3) is 2.56. The van der Waals surface area contributed by atoms with Crippen molar-refractivity contribution in [3.8, 4) is 0 Å². The lowest BCUT2D eigenvalue weighted by Gasteiger charge is -2.05. The minimum absolute atomic E-state index is 0.233. The molecule has 0 fully saturated rings. The zero-order chi connectivity index (χ0) is 10.6. The normalized spacial score (nSPS) is 12.7. The average molecular weight is 198 g/mol. The third-order valence-electron chi connectivity index (χ3n) is 2.03. The van der Waals surface area contributed by atoms with Gasteiger partial charge in [-0.2, -0.15) is 0 Å². The van der Waals surface area contributed by atoms with Gasteiger partial charge in [0.05, 0.1) is 12.1 Å². The second-order valence-corrected chi connectivity index (χ2v) is 3.18. The van der Waals surface area contributed by atoms with Gasteiger partial charge in [0.15, 0.2) is 0 Å². The molecule has 0 aromatic carbocycles. The van der Waals surface area contributed by atoms with E-state index < -0.39 is 4.92 Å². The minimum atomic E-state index is -0.559. The van der Waals surface area contributed by atoms with E-state index in [0.29, 0.717) is 5.76 Å². The molecule has 0 unspecified atom stereocenters. The summed E-state index contributed by atoms with van der Waals surface area (Å²) in [5.41, 5.74) is 5.78. The molecule has 0 radical (unpaired) electrons. The molecular weight excluding hydrogens is 184 g/mol. The Morgan fingerprint density at radius 3 is 2.86 bits per heavy atom. The van der Waals surface area contributed by atoms with Crippen molar-refractivity contribution in [2.45, 2.75) is 32.2 Å². The Morgan fingerprint density at radius 2 is 2.36 bits per heavy atom. The fraction of sp³-hybridized carbons (Fsp3) is 0.556. The van der Waals surface area contributed by atoms with Crippen LogP contribution in [-0.2, 0) is 0 Å². The highest BCUT2D eigenvalue weighted by atomic mass is 16.6. The van der Waals surface area contributed by atoms with Gasteiger partial charge in [-0.15, -0.1) is 0 Å². The van der Waals surface area contributed by atoms with E-state index in [1.54, 1.807) is 6.07 Å². The number of furan rings is 1. The molecule has 14 heavy (non-hydrogen) atoms. The highest BCUT2D eigenvalue weighted by Crippen LogP contribution is 2.23. The Bertz CT molecular complexity index is 309. The van der Waals surface area contributed by atoms with Crippen LogP contribution < -0.4 is 5.73 Å². The second-order valence-electron chi connectivity index (χ2n) is 3.18. The van der Waals surface area contributed by atoms with Crippen molar-refractivity contribution in [2.24, 2.45) is 5.73 Å². The molecule has 1 aromatic rings. The van der Waals surface area contributed by atoms with Gasteiger partial charge in [-0.1, -0.05) is 19.8 Å². The molecule has 0 saturated carbocycles. The van der Waals surface area contributed by atoms with Gasteiger partial charge in [0.25, 0.3) is 0 Å². The SMILES string of the molecule is CCCC[C@H](N)c1ccc([N+](=O)[O-])o1. The van der Waals surface area contributed by atoms with Crippen molar-refractivity contribution < 1.29 is 9.34 Å². The molecule has 0 bridgehead atoms. The number of unbranched alkanes of at least 4 members (excludes halogenated alkanes) is 1. The molecule has 0 spiro atoms. The van der Waals surface area contributed by atoms with E-state index in [4.69, 9.17) is 10.2 Å². The summed E-state index contributed by atoms with van der Waals surface area (Å²) < 4.78 is 4.98. The Hall–Kier alpha value is -1.36. The van der Waals surface area contributed by atoms with Crippen LogP contribution in [0.4, 0.5) is 5.88 Å². The van der Waals surface area contributed by atoms with Crippen molar-refractivity contribution in [3.63, 3.8) is 0 Å². The summed E-state index contributed by atoms with van der Waals surface area (Å²) in [6, 6.07) is 2.67. The van der Waals surface area contributed by atoms with Crippen LogP contribution in [0, 0.1) is 10.1 Å². The van der Waals surface area contributed by atoms with Gasteiger partial charge in [-0.25, -0.2) is 0 Å². The zero-order valence-electron chi connectivity index (χ0n) is 8.10. The van der Waals surface area contributed by atoms with Crippen molar-refractivity contribution in [3.05, 3.63) is 28.0 Å². The first kappa shape index (κ1) is 10.7. The van der Waals surface area contributed by atoms with E-state index in [1.807, 2.05) is 0 Å². The predicted molar refractivity (Wildman–Crippen MR) is 51.8 cm³/mol. The molecule has 5 heteroatoms. The lowest BCUT2D eigenvalue weighted by atomic mass is 10.1. The lowest BCUT2D eigenvalue weighted by molar-refractivity contribution is -0.402. The summed E-state index contributed by atoms with van der Waals surface area (Å²) in [7, 11) is 0. The van der Waals surface area contributed by atoms with E-state index in [9.17, 15) is 10.1 Å². The van der Waals surface area contributed by atoms with E-state index in [0.717, 1.165) is 19.3 Å². The maximum atomic E-state index is 10.3. The minimum Gasteiger partial charge on any atom is -0.404 e.